The maximum absolute atomic E-state index is 11.7. The van der Waals surface area contributed by atoms with Crippen molar-refractivity contribution in [2.75, 3.05) is 6.61 Å². The third-order valence-electron chi connectivity index (χ3n) is 2.98. The third kappa shape index (κ3) is 4.16. The lowest BCUT2D eigenvalue weighted by atomic mass is 10.1. The molecule has 1 unspecified atom stereocenters. The van der Waals surface area contributed by atoms with Crippen molar-refractivity contribution in [2.24, 2.45) is 5.73 Å². The molecule has 2 N–H and O–H groups in total. The number of allylic oxidation sites excluding steroid dienone is 1. The van der Waals surface area contributed by atoms with E-state index in [-0.39, 0.29) is 5.97 Å². The van der Waals surface area contributed by atoms with Crippen LogP contribution in [0.3, 0.4) is 0 Å². The minimum Gasteiger partial charge on any atom is -0.462 e. The van der Waals surface area contributed by atoms with E-state index in [2.05, 4.69) is 0 Å². The van der Waals surface area contributed by atoms with E-state index in [0.717, 1.165) is 11.3 Å². The molecule has 1 aliphatic rings. The van der Waals surface area contributed by atoms with Gasteiger partial charge in [-0.15, -0.1) is 10.5 Å². The molecule has 0 aliphatic carbocycles. The number of carbonyl (C=O) groups is 2. The zero-order valence-corrected chi connectivity index (χ0v) is 12.7. The highest BCUT2D eigenvalue weighted by Gasteiger charge is 2.11. The summed E-state index contributed by atoms with van der Waals surface area (Å²) in [4.78, 5) is 22.7. The van der Waals surface area contributed by atoms with Gasteiger partial charge in [-0.3, -0.25) is 4.79 Å². The highest BCUT2D eigenvalue weighted by Crippen LogP contribution is 2.12. The molecule has 4 nitrogen and oxygen atoms in total. The van der Waals surface area contributed by atoms with Gasteiger partial charge in [-0.1, -0.05) is 12.1 Å². The summed E-state index contributed by atoms with van der Waals surface area (Å²) in [5.74, 6) is 0.106. The Morgan fingerprint density at radius 3 is 2.76 bits per heavy atom. The number of carbonyl (C=O) groups excluding carboxylic acids is 2. The lowest BCUT2D eigenvalue weighted by Gasteiger charge is -2.05. The quantitative estimate of drug-likeness (QED) is 0.387. The van der Waals surface area contributed by atoms with Crippen LogP contribution in [-0.4, -0.2) is 23.9 Å². The van der Waals surface area contributed by atoms with Crippen molar-refractivity contribution >= 4 is 27.7 Å². The fraction of sp³-hybridized carbons (Fsp3) is 0.188. The van der Waals surface area contributed by atoms with E-state index < -0.39 is 16.4 Å². The Kier molecular flexibility index (Phi) is 5.11. The molecule has 110 valence electrons. The van der Waals surface area contributed by atoms with Gasteiger partial charge in [0, 0.05) is 5.57 Å². The number of hydrogen-bond donors (Lipinski definition) is 1. The number of nitrogens with two attached hydrogens (primary N) is 1. The smallest absolute Gasteiger partial charge is 0.338 e. The predicted molar refractivity (Wildman–Crippen MR) is 87.3 cm³/mol. The van der Waals surface area contributed by atoms with E-state index in [9.17, 15) is 9.59 Å². The molecule has 1 heterocycles. The maximum Gasteiger partial charge on any atom is 0.338 e. The first kappa shape index (κ1) is 15.3. The fourth-order valence-electron chi connectivity index (χ4n) is 1.95. The van der Waals surface area contributed by atoms with Crippen molar-refractivity contribution in [3.05, 3.63) is 58.5 Å². The van der Waals surface area contributed by atoms with Crippen LogP contribution in [-0.2, 0) is 25.8 Å². The second kappa shape index (κ2) is 7.04. The van der Waals surface area contributed by atoms with Crippen LogP contribution >= 0.6 is 0 Å². The number of thiol groups is 1. The van der Waals surface area contributed by atoms with Gasteiger partial charge in [-0.25, -0.2) is 4.79 Å². The lowest BCUT2D eigenvalue weighted by Crippen LogP contribution is -2.14. The first-order valence-corrected chi connectivity index (χ1v) is 8.31. The molecule has 0 saturated carbocycles. The number of amides is 1. The molecule has 5 heteroatoms. The minimum atomic E-state index is -0.481. The van der Waals surface area contributed by atoms with Crippen molar-refractivity contribution in [2.45, 2.75) is 12.7 Å². The summed E-state index contributed by atoms with van der Waals surface area (Å²) < 4.78 is 5.00. The standard InChI is InChI=1S/C16H17NO3S/c1-2-20-16(19)14-5-3-4-12(10-14)11-21-8-6-13(7-9-21)15(17)18/h3-10H,2,11H2,1H3,(H2,17,18)/p+1. The summed E-state index contributed by atoms with van der Waals surface area (Å²) in [5, 5.41) is 4.01. The Morgan fingerprint density at radius 1 is 1.33 bits per heavy atom. The fourth-order valence-corrected chi connectivity index (χ4v) is 3.58. The Hall–Kier alpha value is -2.14. The molecular weight excluding hydrogens is 286 g/mol. The third-order valence-corrected chi connectivity index (χ3v) is 4.77. The Balaban J connectivity index is 2.11. The van der Waals surface area contributed by atoms with E-state index >= 15 is 0 Å². The van der Waals surface area contributed by atoms with Crippen molar-refractivity contribution in [3.63, 3.8) is 0 Å². The monoisotopic (exact) mass is 304 g/mol. The van der Waals surface area contributed by atoms with Crippen molar-refractivity contribution in [3.8, 4) is 0 Å². The van der Waals surface area contributed by atoms with Gasteiger partial charge in [0.1, 0.15) is 5.75 Å². The van der Waals surface area contributed by atoms with Gasteiger partial charge < -0.3 is 10.5 Å². The second-order valence-electron chi connectivity index (χ2n) is 4.54. The molecular formula is C16H18NO3S+. The molecule has 0 saturated heterocycles. The van der Waals surface area contributed by atoms with Gasteiger partial charge in [-0.2, -0.15) is 0 Å². The SMILES string of the molecule is CCOC(=O)c1cccc(C[SH+]2=CC=C(C(N)=O)C=C2)c1. The maximum atomic E-state index is 11.7. The van der Waals surface area contributed by atoms with Crippen LogP contribution in [0.1, 0.15) is 22.8 Å². The molecule has 2 rings (SSSR count). The van der Waals surface area contributed by atoms with Gasteiger partial charge in [0.25, 0.3) is 0 Å². The average Bonchev–Trinajstić information content (AvgIpc) is 2.48. The Morgan fingerprint density at radius 2 is 2.14 bits per heavy atom. The molecule has 1 aromatic rings. The van der Waals surface area contributed by atoms with Gasteiger partial charge in [0.2, 0.25) is 5.91 Å². The van der Waals surface area contributed by atoms with Crippen LogP contribution in [0, 0.1) is 0 Å². The molecule has 1 atom stereocenters. The van der Waals surface area contributed by atoms with Crippen LogP contribution in [0.15, 0.2) is 47.4 Å². The topological polar surface area (TPSA) is 69.4 Å². The van der Waals surface area contributed by atoms with Crippen LogP contribution in [0.4, 0.5) is 0 Å². The molecule has 1 amide bonds. The largest absolute Gasteiger partial charge is 0.462 e. The molecule has 0 aromatic heterocycles. The Labute approximate surface area is 126 Å². The first-order valence-electron chi connectivity index (χ1n) is 6.65. The summed E-state index contributed by atoms with van der Waals surface area (Å²) >= 11 is 0. The predicted octanol–water partition coefficient (Wildman–Crippen LogP) is 1.46. The number of rotatable bonds is 5. The molecule has 0 fully saturated rings. The molecule has 1 aliphatic heterocycles. The van der Waals surface area contributed by atoms with Crippen molar-refractivity contribution in [1.29, 1.82) is 0 Å². The van der Waals surface area contributed by atoms with E-state index in [1.165, 1.54) is 0 Å². The number of benzene rings is 1. The summed E-state index contributed by atoms with van der Waals surface area (Å²) in [6, 6.07) is 7.45. The normalized spacial score (nSPS) is 16.8. The van der Waals surface area contributed by atoms with Crippen molar-refractivity contribution < 1.29 is 14.3 Å². The zero-order valence-electron chi connectivity index (χ0n) is 11.8. The molecule has 1 aromatic carbocycles. The van der Waals surface area contributed by atoms with Crippen LogP contribution in [0.2, 0.25) is 0 Å². The number of ether oxygens (including phenoxy) is 1. The molecule has 21 heavy (non-hydrogen) atoms. The molecule has 0 bridgehead atoms. The van der Waals surface area contributed by atoms with Gasteiger partial charge >= 0.3 is 5.97 Å². The van der Waals surface area contributed by atoms with E-state index in [1.807, 2.05) is 29.0 Å². The number of hydrogen-bond acceptors (Lipinski definition) is 3. The van der Waals surface area contributed by atoms with Crippen LogP contribution in [0.25, 0.3) is 0 Å². The second-order valence-corrected chi connectivity index (χ2v) is 6.49. The molecule has 0 spiro atoms. The summed E-state index contributed by atoms with van der Waals surface area (Å²) in [7, 11) is -0.481. The van der Waals surface area contributed by atoms with E-state index in [4.69, 9.17) is 10.5 Å². The van der Waals surface area contributed by atoms with E-state index in [0.29, 0.717) is 17.7 Å². The van der Waals surface area contributed by atoms with Gasteiger partial charge in [-0.05, 0) is 36.8 Å². The van der Waals surface area contributed by atoms with E-state index in [1.54, 1.807) is 25.1 Å². The van der Waals surface area contributed by atoms with Crippen molar-refractivity contribution in [1.82, 2.24) is 0 Å². The summed E-state index contributed by atoms with van der Waals surface area (Å²) in [5.41, 5.74) is 7.39. The summed E-state index contributed by atoms with van der Waals surface area (Å²) in [6.45, 7) is 2.16. The summed E-state index contributed by atoms with van der Waals surface area (Å²) in [6.07, 6.45) is 3.53. The lowest BCUT2D eigenvalue weighted by molar-refractivity contribution is -0.114. The highest BCUT2D eigenvalue weighted by atomic mass is 32.2. The van der Waals surface area contributed by atoms with Gasteiger partial charge in [0.15, 0.2) is 0 Å². The molecule has 0 radical (unpaired) electrons. The minimum absolute atomic E-state index is 0.300. The van der Waals surface area contributed by atoms with Crippen LogP contribution in [0.5, 0.6) is 0 Å². The zero-order chi connectivity index (χ0) is 15.2. The number of primary amides is 1. The Bertz CT molecular complexity index is 659. The first-order chi connectivity index (χ1) is 10.1. The van der Waals surface area contributed by atoms with Crippen LogP contribution < -0.4 is 5.73 Å². The number of esters is 1. The van der Waals surface area contributed by atoms with Gasteiger partial charge in [0.05, 0.1) is 22.9 Å². The highest BCUT2D eigenvalue weighted by molar-refractivity contribution is 7.97. The average molecular weight is 304 g/mol.